The van der Waals surface area contributed by atoms with E-state index in [0.29, 0.717) is 31.9 Å². The van der Waals surface area contributed by atoms with E-state index in [-0.39, 0.29) is 29.3 Å². The number of nitrogens with one attached hydrogen (secondary N) is 1. The number of anilines is 1. The number of nitrogens with zero attached hydrogens (tertiary/aromatic N) is 4. The Bertz CT molecular complexity index is 1180. The minimum atomic E-state index is -0.742. The molecule has 0 aliphatic carbocycles. The molecule has 1 saturated heterocycles. The SMILES string of the molecule is O=C(CN1CCN(C(=O)CN2C(=O)c3ccc([N+](=O)[O-])cc3C2=O)CC1)Nc1ccc(F)cc1. The summed E-state index contributed by atoms with van der Waals surface area (Å²) in [5.74, 6) is -2.51. The van der Waals surface area contributed by atoms with Crippen LogP contribution in [0.1, 0.15) is 20.7 Å². The lowest BCUT2D eigenvalue weighted by atomic mass is 10.1. The number of halogens is 1. The zero-order chi connectivity index (χ0) is 24.4. The van der Waals surface area contributed by atoms with Crippen LogP contribution in [0.3, 0.4) is 0 Å². The van der Waals surface area contributed by atoms with E-state index in [9.17, 15) is 33.7 Å². The van der Waals surface area contributed by atoms with E-state index in [1.54, 1.807) is 0 Å². The molecule has 4 rings (SSSR count). The normalized spacial score (nSPS) is 15.9. The molecule has 0 radical (unpaired) electrons. The summed E-state index contributed by atoms with van der Waals surface area (Å²) in [7, 11) is 0. The maximum absolute atomic E-state index is 13.0. The summed E-state index contributed by atoms with van der Waals surface area (Å²) in [6, 6.07) is 8.80. The van der Waals surface area contributed by atoms with Crippen molar-refractivity contribution in [2.45, 2.75) is 0 Å². The Morgan fingerprint density at radius 3 is 2.24 bits per heavy atom. The molecule has 2 aliphatic heterocycles. The van der Waals surface area contributed by atoms with Crippen molar-refractivity contribution in [3.05, 3.63) is 69.5 Å². The first kappa shape index (κ1) is 23.0. The van der Waals surface area contributed by atoms with Gasteiger partial charge >= 0.3 is 0 Å². The number of amides is 4. The molecule has 0 aromatic heterocycles. The van der Waals surface area contributed by atoms with E-state index in [2.05, 4.69) is 5.32 Å². The van der Waals surface area contributed by atoms with E-state index in [1.807, 2.05) is 4.90 Å². The van der Waals surface area contributed by atoms with Gasteiger partial charge in [-0.05, 0) is 30.3 Å². The minimum absolute atomic E-state index is 0.0281. The van der Waals surface area contributed by atoms with Crippen LogP contribution in [0.5, 0.6) is 0 Å². The number of carbonyl (C=O) groups is 4. The topological polar surface area (TPSA) is 133 Å². The van der Waals surface area contributed by atoms with Crippen LogP contribution in [0.15, 0.2) is 42.5 Å². The third-order valence-electron chi connectivity index (χ3n) is 5.68. The summed E-state index contributed by atoms with van der Waals surface area (Å²) in [4.78, 5) is 64.5. The monoisotopic (exact) mass is 469 g/mol. The first-order valence-electron chi connectivity index (χ1n) is 10.4. The summed E-state index contributed by atoms with van der Waals surface area (Å²) in [5.41, 5.74) is 0.100. The summed E-state index contributed by atoms with van der Waals surface area (Å²) in [6.45, 7) is 1.06. The number of rotatable bonds is 6. The Morgan fingerprint density at radius 2 is 1.59 bits per heavy atom. The highest BCUT2D eigenvalue weighted by Crippen LogP contribution is 2.26. The van der Waals surface area contributed by atoms with Crippen molar-refractivity contribution in [1.82, 2.24) is 14.7 Å². The molecule has 1 fully saturated rings. The van der Waals surface area contributed by atoms with Crippen molar-refractivity contribution in [1.29, 1.82) is 0 Å². The van der Waals surface area contributed by atoms with Crippen molar-refractivity contribution < 1.29 is 28.5 Å². The number of fused-ring (bicyclic) bond motifs is 1. The molecule has 4 amide bonds. The second kappa shape index (κ2) is 9.35. The fraction of sp³-hybridized carbons (Fsp3) is 0.273. The van der Waals surface area contributed by atoms with Gasteiger partial charge in [0, 0.05) is 44.0 Å². The lowest BCUT2D eigenvalue weighted by Gasteiger charge is -2.34. The molecule has 34 heavy (non-hydrogen) atoms. The van der Waals surface area contributed by atoms with Crippen LogP contribution >= 0.6 is 0 Å². The molecule has 176 valence electrons. The highest BCUT2D eigenvalue weighted by atomic mass is 19.1. The summed E-state index contributed by atoms with van der Waals surface area (Å²) >= 11 is 0. The molecule has 0 bridgehead atoms. The van der Waals surface area contributed by atoms with Gasteiger partial charge in [0.25, 0.3) is 17.5 Å². The minimum Gasteiger partial charge on any atom is -0.339 e. The number of non-ortho nitro benzene ring substituents is 1. The average Bonchev–Trinajstić information content (AvgIpc) is 3.05. The van der Waals surface area contributed by atoms with Gasteiger partial charge in [-0.1, -0.05) is 0 Å². The van der Waals surface area contributed by atoms with Crippen LogP contribution < -0.4 is 5.32 Å². The second-order valence-corrected chi connectivity index (χ2v) is 7.90. The Kier molecular flexibility index (Phi) is 6.32. The maximum Gasteiger partial charge on any atom is 0.270 e. The van der Waals surface area contributed by atoms with Gasteiger partial charge < -0.3 is 10.2 Å². The van der Waals surface area contributed by atoms with Crippen molar-refractivity contribution in [3.8, 4) is 0 Å². The van der Waals surface area contributed by atoms with Gasteiger partial charge in [0.2, 0.25) is 11.8 Å². The molecule has 2 aromatic carbocycles. The fourth-order valence-corrected chi connectivity index (χ4v) is 3.86. The predicted octanol–water partition coefficient (Wildman–Crippen LogP) is 1.11. The lowest BCUT2D eigenvalue weighted by molar-refractivity contribution is -0.384. The van der Waals surface area contributed by atoms with Gasteiger partial charge in [-0.2, -0.15) is 0 Å². The molecule has 2 heterocycles. The van der Waals surface area contributed by atoms with Gasteiger partial charge in [0.15, 0.2) is 0 Å². The molecule has 2 aromatic rings. The van der Waals surface area contributed by atoms with Crippen LogP contribution in [0, 0.1) is 15.9 Å². The van der Waals surface area contributed by atoms with Crippen molar-refractivity contribution >= 4 is 35.0 Å². The summed E-state index contributed by atoms with van der Waals surface area (Å²) in [5, 5.41) is 13.6. The molecule has 0 unspecified atom stereocenters. The number of hydrogen-bond acceptors (Lipinski definition) is 7. The Morgan fingerprint density at radius 1 is 0.941 bits per heavy atom. The highest BCUT2D eigenvalue weighted by molar-refractivity contribution is 6.22. The number of imide groups is 1. The standard InChI is InChI=1S/C22H20FN5O6/c23-14-1-3-15(4-2-14)24-19(29)12-25-7-9-26(10-8-25)20(30)13-27-21(31)17-6-5-16(28(33)34)11-18(17)22(27)32/h1-6,11H,7-10,12-13H2,(H,24,29). The number of piperazine rings is 1. The van der Waals surface area contributed by atoms with E-state index in [4.69, 9.17) is 0 Å². The van der Waals surface area contributed by atoms with Crippen molar-refractivity contribution in [2.24, 2.45) is 0 Å². The zero-order valence-corrected chi connectivity index (χ0v) is 17.9. The number of carbonyl (C=O) groups excluding carboxylic acids is 4. The molecule has 12 heteroatoms. The molecule has 2 aliphatic rings. The summed E-state index contributed by atoms with van der Waals surface area (Å²) in [6.07, 6.45) is 0. The summed E-state index contributed by atoms with van der Waals surface area (Å²) < 4.78 is 13.0. The third kappa shape index (κ3) is 4.76. The molecule has 1 N–H and O–H groups in total. The van der Waals surface area contributed by atoms with Crippen molar-refractivity contribution in [2.75, 3.05) is 44.6 Å². The number of benzene rings is 2. The Hall–Kier alpha value is -4.19. The molecule has 11 nitrogen and oxygen atoms in total. The van der Waals surface area contributed by atoms with E-state index in [1.165, 1.54) is 35.2 Å². The molecule has 0 spiro atoms. The van der Waals surface area contributed by atoms with Gasteiger partial charge in [-0.25, -0.2) is 4.39 Å². The fourth-order valence-electron chi connectivity index (χ4n) is 3.86. The Balaban J connectivity index is 1.28. The van der Waals surface area contributed by atoms with Gasteiger partial charge in [-0.15, -0.1) is 0 Å². The van der Waals surface area contributed by atoms with Crippen LogP contribution in [0.2, 0.25) is 0 Å². The van der Waals surface area contributed by atoms with Crippen LogP contribution in [0.25, 0.3) is 0 Å². The number of hydrogen-bond donors (Lipinski definition) is 1. The first-order chi connectivity index (χ1) is 16.2. The average molecular weight is 469 g/mol. The quantitative estimate of drug-likeness (QED) is 0.381. The second-order valence-electron chi connectivity index (χ2n) is 7.90. The Labute approximate surface area is 192 Å². The number of nitro groups is 1. The van der Waals surface area contributed by atoms with Crippen LogP contribution in [0.4, 0.5) is 15.8 Å². The largest absolute Gasteiger partial charge is 0.339 e. The lowest BCUT2D eigenvalue weighted by Crippen LogP contribution is -2.53. The molecule has 0 saturated carbocycles. The van der Waals surface area contributed by atoms with Gasteiger partial charge in [0.05, 0.1) is 22.6 Å². The zero-order valence-electron chi connectivity index (χ0n) is 17.9. The van der Waals surface area contributed by atoms with Gasteiger partial charge in [-0.3, -0.25) is 39.1 Å². The predicted molar refractivity (Wildman–Crippen MR) is 117 cm³/mol. The third-order valence-corrected chi connectivity index (χ3v) is 5.68. The smallest absolute Gasteiger partial charge is 0.270 e. The molecule has 0 atom stereocenters. The van der Waals surface area contributed by atoms with Gasteiger partial charge in [0.1, 0.15) is 12.4 Å². The molecular formula is C22H20FN5O6. The van der Waals surface area contributed by atoms with Crippen LogP contribution in [-0.2, 0) is 9.59 Å². The van der Waals surface area contributed by atoms with E-state index in [0.717, 1.165) is 17.0 Å². The maximum atomic E-state index is 13.0. The number of nitro benzene ring substituents is 1. The van der Waals surface area contributed by atoms with Crippen molar-refractivity contribution in [3.63, 3.8) is 0 Å². The van der Waals surface area contributed by atoms with E-state index < -0.39 is 35.0 Å². The van der Waals surface area contributed by atoms with E-state index >= 15 is 0 Å². The molecular weight excluding hydrogens is 449 g/mol. The highest BCUT2D eigenvalue weighted by Gasteiger charge is 2.38. The first-order valence-corrected chi connectivity index (χ1v) is 10.4. The van der Waals surface area contributed by atoms with Crippen LogP contribution in [-0.4, -0.2) is 82.5 Å².